The topological polar surface area (TPSA) is 53.2 Å². The van der Waals surface area contributed by atoms with Crippen molar-refractivity contribution < 1.29 is 4.79 Å². The highest BCUT2D eigenvalue weighted by atomic mass is 16.2. The Morgan fingerprint density at radius 1 is 1.40 bits per heavy atom. The molecule has 2 unspecified atom stereocenters. The van der Waals surface area contributed by atoms with Crippen LogP contribution < -0.4 is 16.0 Å². The quantitative estimate of drug-likeness (QED) is 0.570. The van der Waals surface area contributed by atoms with Crippen molar-refractivity contribution in [3.8, 4) is 0 Å². The molecule has 2 rings (SSSR count). The van der Waals surface area contributed by atoms with E-state index in [-0.39, 0.29) is 12.1 Å². The maximum Gasteiger partial charge on any atom is 0.235 e. The van der Waals surface area contributed by atoms with Gasteiger partial charge in [-0.1, -0.05) is 12.2 Å². The minimum absolute atomic E-state index is 0.0994. The number of nitrogens with one attached hydrogen (secondary N) is 3. The van der Waals surface area contributed by atoms with E-state index in [1.165, 1.54) is 19.3 Å². The van der Waals surface area contributed by atoms with Gasteiger partial charge in [0.2, 0.25) is 5.91 Å². The number of carbonyl (C=O) groups is 1. The smallest absolute Gasteiger partial charge is 0.235 e. The average Bonchev–Trinajstić information content (AvgIpc) is 2.66. The normalized spacial score (nSPS) is 30.5. The van der Waals surface area contributed by atoms with Gasteiger partial charge in [-0.05, 0) is 31.7 Å². The average molecular weight is 209 g/mol. The molecule has 0 bridgehead atoms. The first-order chi connectivity index (χ1) is 7.34. The summed E-state index contributed by atoms with van der Waals surface area (Å²) in [6.07, 6.45) is 8.34. The SMILES string of the molecule is O=C1CNC(CNCC2CC=CCC2)N1. The van der Waals surface area contributed by atoms with Crippen molar-refractivity contribution in [2.45, 2.75) is 25.4 Å². The van der Waals surface area contributed by atoms with E-state index in [0.717, 1.165) is 19.0 Å². The van der Waals surface area contributed by atoms with Crippen molar-refractivity contribution >= 4 is 5.91 Å². The summed E-state index contributed by atoms with van der Waals surface area (Å²) < 4.78 is 0. The van der Waals surface area contributed by atoms with Crippen LogP contribution in [-0.2, 0) is 4.79 Å². The van der Waals surface area contributed by atoms with Crippen molar-refractivity contribution in [3.63, 3.8) is 0 Å². The van der Waals surface area contributed by atoms with Crippen molar-refractivity contribution in [2.24, 2.45) is 5.92 Å². The Bertz CT molecular complexity index is 248. The third-order valence-electron chi connectivity index (χ3n) is 3.00. The van der Waals surface area contributed by atoms with Gasteiger partial charge < -0.3 is 10.6 Å². The van der Waals surface area contributed by atoms with E-state index in [4.69, 9.17) is 0 Å². The van der Waals surface area contributed by atoms with Crippen LogP contribution in [0.3, 0.4) is 0 Å². The first-order valence-corrected chi connectivity index (χ1v) is 5.73. The van der Waals surface area contributed by atoms with Crippen LogP contribution in [0.4, 0.5) is 0 Å². The van der Waals surface area contributed by atoms with E-state index in [1.54, 1.807) is 0 Å². The van der Waals surface area contributed by atoms with Crippen LogP contribution in [0.15, 0.2) is 12.2 Å². The lowest BCUT2D eigenvalue weighted by molar-refractivity contribution is -0.118. The van der Waals surface area contributed by atoms with E-state index < -0.39 is 0 Å². The van der Waals surface area contributed by atoms with Crippen LogP contribution in [0.2, 0.25) is 0 Å². The zero-order valence-corrected chi connectivity index (χ0v) is 8.96. The number of amides is 1. The van der Waals surface area contributed by atoms with Gasteiger partial charge in [0.05, 0.1) is 12.7 Å². The van der Waals surface area contributed by atoms with E-state index in [2.05, 4.69) is 28.1 Å². The minimum Gasteiger partial charge on any atom is -0.338 e. The molecule has 2 aliphatic rings. The molecule has 1 fully saturated rings. The molecule has 15 heavy (non-hydrogen) atoms. The van der Waals surface area contributed by atoms with E-state index in [1.807, 2.05) is 0 Å². The molecule has 4 nitrogen and oxygen atoms in total. The molecule has 0 aromatic carbocycles. The highest BCUT2D eigenvalue weighted by Gasteiger charge is 2.19. The lowest BCUT2D eigenvalue weighted by Gasteiger charge is -2.19. The summed E-state index contributed by atoms with van der Waals surface area (Å²) in [5, 5.41) is 9.38. The van der Waals surface area contributed by atoms with Crippen molar-refractivity contribution in [2.75, 3.05) is 19.6 Å². The summed E-state index contributed by atoms with van der Waals surface area (Å²) in [6, 6.07) is 0. The number of carbonyl (C=O) groups excluding carboxylic acids is 1. The zero-order chi connectivity index (χ0) is 10.5. The highest BCUT2D eigenvalue weighted by molar-refractivity contribution is 5.80. The van der Waals surface area contributed by atoms with Gasteiger partial charge in [0.1, 0.15) is 0 Å². The fraction of sp³-hybridized carbons (Fsp3) is 0.727. The van der Waals surface area contributed by atoms with Gasteiger partial charge in [0.15, 0.2) is 0 Å². The first kappa shape index (κ1) is 10.6. The third kappa shape index (κ3) is 3.32. The predicted molar refractivity (Wildman–Crippen MR) is 59.3 cm³/mol. The molecule has 1 amide bonds. The Hall–Kier alpha value is -0.870. The summed E-state index contributed by atoms with van der Waals surface area (Å²) >= 11 is 0. The molecule has 0 aromatic heterocycles. The molecular formula is C11H19N3O. The van der Waals surface area contributed by atoms with Gasteiger partial charge in [-0.3, -0.25) is 10.1 Å². The summed E-state index contributed by atoms with van der Waals surface area (Å²) in [7, 11) is 0. The molecule has 2 atom stereocenters. The molecule has 84 valence electrons. The predicted octanol–water partition coefficient (Wildman–Crippen LogP) is -0.0222. The Labute approximate surface area is 90.5 Å². The summed E-state index contributed by atoms with van der Waals surface area (Å²) in [5.41, 5.74) is 0. The van der Waals surface area contributed by atoms with E-state index in [0.29, 0.717) is 6.54 Å². The van der Waals surface area contributed by atoms with Crippen LogP contribution >= 0.6 is 0 Å². The Kier molecular flexibility index (Phi) is 3.75. The highest BCUT2D eigenvalue weighted by Crippen LogP contribution is 2.16. The molecule has 4 heteroatoms. The number of hydrogen-bond acceptors (Lipinski definition) is 3. The van der Waals surface area contributed by atoms with E-state index >= 15 is 0 Å². The maximum atomic E-state index is 10.9. The molecule has 1 aliphatic heterocycles. The molecule has 3 N–H and O–H groups in total. The standard InChI is InChI=1S/C11H19N3O/c15-11-8-13-10(14-11)7-12-6-9-4-2-1-3-5-9/h1-2,9-10,12-13H,3-8H2,(H,14,15). The van der Waals surface area contributed by atoms with Gasteiger partial charge >= 0.3 is 0 Å². The second-order valence-electron chi connectivity index (χ2n) is 4.31. The second kappa shape index (κ2) is 5.28. The fourth-order valence-corrected chi connectivity index (χ4v) is 2.11. The lowest BCUT2D eigenvalue weighted by atomic mass is 9.94. The maximum absolute atomic E-state index is 10.9. The minimum atomic E-state index is 0.0994. The summed E-state index contributed by atoms with van der Waals surface area (Å²) in [6.45, 7) is 2.34. The molecule has 0 spiro atoms. The van der Waals surface area contributed by atoms with E-state index in [9.17, 15) is 4.79 Å². The molecule has 1 heterocycles. The van der Waals surface area contributed by atoms with Crippen LogP contribution in [-0.4, -0.2) is 31.7 Å². The lowest BCUT2D eigenvalue weighted by Crippen LogP contribution is -2.42. The summed E-state index contributed by atoms with van der Waals surface area (Å²) in [5.74, 6) is 0.870. The molecule has 0 aromatic rings. The fourth-order valence-electron chi connectivity index (χ4n) is 2.11. The molecule has 1 aliphatic carbocycles. The molecule has 0 radical (unpaired) electrons. The van der Waals surface area contributed by atoms with Crippen LogP contribution in [0.25, 0.3) is 0 Å². The summed E-state index contributed by atoms with van der Waals surface area (Å²) in [4.78, 5) is 10.9. The van der Waals surface area contributed by atoms with Crippen LogP contribution in [0.5, 0.6) is 0 Å². The molecule has 1 saturated heterocycles. The second-order valence-corrected chi connectivity index (χ2v) is 4.31. The first-order valence-electron chi connectivity index (χ1n) is 5.73. The van der Waals surface area contributed by atoms with Gasteiger partial charge in [0, 0.05) is 6.54 Å². The number of hydrogen-bond donors (Lipinski definition) is 3. The Morgan fingerprint density at radius 3 is 3.00 bits per heavy atom. The Balaban J connectivity index is 1.58. The largest absolute Gasteiger partial charge is 0.338 e. The van der Waals surface area contributed by atoms with Gasteiger partial charge in [-0.15, -0.1) is 0 Å². The van der Waals surface area contributed by atoms with Gasteiger partial charge in [-0.25, -0.2) is 0 Å². The third-order valence-corrected chi connectivity index (χ3v) is 3.00. The molecule has 0 saturated carbocycles. The van der Waals surface area contributed by atoms with Crippen molar-refractivity contribution in [3.05, 3.63) is 12.2 Å². The van der Waals surface area contributed by atoms with Crippen molar-refractivity contribution in [1.29, 1.82) is 0 Å². The van der Waals surface area contributed by atoms with Crippen molar-refractivity contribution in [1.82, 2.24) is 16.0 Å². The van der Waals surface area contributed by atoms with Gasteiger partial charge in [0.25, 0.3) is 0 Å². The molecular weight excluding hydrogens is 190 g/mol. The van der Waals surface area contributed by atoms with Crippen LogP contribution in [0, 0.1) is 5.92 Å². The number of rotatable bonds is 4. The zero-order valence-electron chi connectivity index (χ0n) is 8.96. The monoisotopic (exact) mass is 209 g/mol. The Morgan fingerprint density at radius 2 is 2.33 bits per heavy atom. The van der Waals surface area contributed by atoms with Crippen LogP contribution in [0.1, 0.15) is 19.3 Å². The van der Waals surface area contributed by atoms with Gasteiger partial charge in [-0.2, -0.15) is 0 Å². The number of allylic oxidation sites excluding steroid dienone is 2.